The number of thiophene rings is 1. The zero-order valence-electron chi connectivity index (χ0n) is 30.2. The van der Waals surface area contributed by atoms with Crippen molar-refractivity contribution in [2.24, 2.45) is 0 Å². The predicted molar refractivity (Wildman–Crippen MR) is 232 cm³/mol. The molecular weight excluding hydrogens is 721 g/mol. The van der Waals surface area contributed by atoms with E-state index in [9.17, 15) is 0 Å². The Morgan fingerprint density at radius 1 is 0.386 bits per heavy atom. The Labute approximate surface area is 329 Å². The maximum Gasteiger partial charge on any atom is 0.165 e. The fraction of sp³-hybridized carbons (Fsp3) is 0. The second kappa shape index (κ2) is 12.5. The SMILES string of the molecule is c1cncc(-c2nc(-c3ccc(-c4ccc(-c5cccc6sc7ccccc7c56)c5oc6ccccc6c45)cc3)nc(-c3ccc4c(c3)oc3ccccc34)n2)c1. The van der Waals surface area contributed by atoms with E-state index in [2.05, 4.69) is 114 Å². The first-order valence-electron chi connectivity index (χ1n) is 18.8. The Balaban J connectivity index is 0.994. The van der Waals surface area contributed by atoms with Crippen molar-refractivity contribution in [1.29, 1.82) is 0 Å². The topological polar surface area (TPSA) is 77.8 Å². The summed E-state index contributed by atoms with van der Waals surface area (Å²) >= 11 is 1.83. The summed E-state index contributed by atoms with van der Waals surface area (Å²) in [7, 11) is 0. The monoisotopic (exact) mass is 748 g/mol. The lowest BCUT2D eigenvalue weighted by Crippen LogP contribution is -2.00. The van der Waals surface area contributed by atoms with Gasteiger partial charge in [-0.15, -0.1) is 11.3 Å². The standard InChI is InChI=1S/C50H28N4O2S/c1-4-14-40-34(10-1)35-23-22-31(27-42(35)55-40)49-52-48(53-50(54-49)32-9-8-26-51-28-32)30-20-18-29(19-21-30)33-24-25-37(47-46(33)38-11-2-5-15-41(38)56-47)36-13-7-17-44-45(36)39-12-3-6-16-43(39)57-44/h1-28H. The molecule has 12 aromatic rings. The van der Waals surface area contributed by atoms with Crippen LogP contribution in [-0.2, 0) is 0 Å². The number of fused-ring (bicyclic) bond motifs is 9. The highest BCUT2D eigenvalue weighted by Gasteiger charge is 2.21. The molecule has 0 saturated heterocycles. The molecule has 5 aromatic heterocycles. The van der Waals surface area contributed by atoms with Gasteiger partial charge in [-0.3, -0.25) is 4.98 Å². The predicted octanol–water partition coefficient (Wildman–Crippen LogP) is 13.8. The molecule has 0 spiro atoms. The Kier molecular flexibility index (Phi) is 7.00. The highest BCUT2D eigenvalue weighted by molar-refractivity contribution is 7.25. The van der Waals surface area contributed by atoms with Gasteiger partial charge in [0, 0.05) is 76.4 Å². The average molecular weight is 749 g/mol. The fourth-order valence-electron chi connectivity index (χ4n) is 8.20. The number of hydrogen-bond acceptors (Lipinski definition) is 7. The van der Waals surface area contributed by atoms with E-state index in [1.807, 2.05) is 59.9 Å². The van der Waals surface area contributed by atoms with Crippen molar-refractivity contribution in [3.63, 3.8) is 0 Å². The molecule has 57 heavy (non-hydrogen) atoms. The lowest BCUT2D eigenvalue weighted by atomic mass is 9.92. The third-order valence-corrected chi connectivity index (χ3v) is 12.0. The molecule has 7 aromatic carbocycles. The summed E-state index contributed by atoms with van der Waals surface area (Å²) in [5.74, 6) is 1.67. The molecular formula is C50H28N4O2S. The van der Waals surface area contributed by atoms with Gasteiger partial charge in [-0.2, -0.15) is 0 Å². The van der Waals surface area contributed by atoms with Crippen LogP contribution in [0.15, 0.2) is 179 Å². The van der Waals surface area contributed by atoms with Crippen LogP contribution < -0.4 is 0 Å². The Morgan fingerprint density at radius 3 is 1.86 bits per heavy atom. The maximum atomic E-state index is 6.75. The van der Waals surface area contributed by atoms with Crippen LogP contribution in [0.1, 0.15) is 0 Å². The number of hydrogen-bond donors (Lipinski definition) is 0. The van der Waals surface area contributed by atoms with Crippen molar-refractivity contribution < 1.29 is 8.83 Å². The van der Waals surface area contributed by atoms with E-state index in [0.717, 1.165) is 77.3 Å². The highest BCUT2D eigenvalue weighted by Crippen LogP contribution is 2.46. The van der Waals surface area contributed by atoms with Gasteiger partial charge in [0.1, 0.15) is 22.3 Å². The minimum absolute atomic E-state index is 0.549. The summed E-state index contributed by atoms with van der Waals surface area (Å²) in [4.78, 5) is 19.3. The smallest absolute Gasteiger partial charge is 0.165 e. The van der Waals surface area contributed by atoms with Crippen molar-refractivity contribution in [3.8, 4) is 56.4 Å². The minimum Gasteiger partial charge on any atom is -0.456 e. The van der Waals surface area contributed by atoms with Gasteiger partial charge in [0.05, 0.1) is 0 Å². The Morgan fingerprint density at radius 2 is 1.04 bits per heavy atom. The minimum atomic E-state index is 0.549. The molecule has 0 radical (unpaired) electrons. The van der Waals surface area contributed by atoms with E-state index in [4.69, 9.17) is 23.8 Å². The van der Waals surface area contributed by atoms with Crippen LogP contribution in [-0.4, -0.2) is 19.9 Å². The van der Waals surface area contributed by atoms with Gasteiger partial charge in [-0.05, 0) is 71.3 Å². The van der Waals surface area contributed by atoms with Crippen LogP contribution in [0.3, 0.4) is 0 Å². The van der Waals surface area contributed by atoms with Crippen molar-refractivity contribution >= 4 is 75.4 Å². The van der Waals surface area contributed by atoms with Gasteiger partial charge in [0.15, 0.2) is 17.5 Å². The van der Waals surface area contributed by atoms with Gasteiger partial charge < -0.3 is 8.83 Å². The zero-order chi connectivity index (χ0) is 37.5. The fourth-order valence-corrected chi connectivity index (χ4v) is 9.33. The van der Waals surface area contributed by atoms with Crippen LogP contribution in [0.5, 0.6) is 0 Å². The second-order valence-electron chi connectivity index (χ2n) is 14.2. The zero-order valence-corrected chi connectivity index (χ0v) is 31.0. The summed E-state index contributed by atoms with van der Waals surface area (Å²) < 4.78 is 15.5. The molecule has 12 rings (SSSR count). The van der Waals surface area contributed by atoms with Gasteiger partial charge in [-0.25, -0.2) is 15.0 Å². The van der Waals surface area contributed by atoms with E-state index in [-0.39, 0.29) is 0 Å². The number of aromatic nitrogens is 4. The van der Waals surface area contributed by atoms with Gasteiger partial charge in [0.25, 0.3) is 0 Å². The molecule has 0 bridgehead atoms. The molecule has 0 aliphatic rings. The van der Waals surface area contributed by atoms with Crippen LogP contribution >= 0.6 is 11.3 Å². The van der Waals surface area contributed by atoms with Crippen molar-refractivity contribution in [2.75, 3.05) is 0 Å². The van der Waals surface area contributed by atoms with E-state index >= 15 is 0 Å². The third kappa shape index (κ3) is 5.10. The summed E-state index contributed by atoms with van der Waals surface area (Å²) in [5, 5.41) is 6.83. The Hall–Kier alpha value is -7.48. The molecule has 0 atom stereocenters. The molecule has 7 heteroatoms. The highest BCUT2D eigenvalue weighted by atomic mass is 32.1. The lowest BCUT2D eigenvalue weighted by molar-refractivity contribution is 0.669. The van der Waals surface area contributed by atoms with Crippen LogP contribution in [0, 0.1) is 0 Å². The van der Waals surface area contributed by atoms with Crippen LogP contribution in [0.25, 0.3) is 120 Å². The third-order valence-electron chi connectivity index (χ3n) is 10.9. The quantitative estimate of drug-likeness (QED) is 0.174. The number of furan rings is 2. The van der Waals surface area contributed by atoms with Crippen molar-refractivity contribution in [2.45, 2.75) is 0 Å². The largest absolute Gasteiger partial charge is 0.456 e. The number of pyridine rings is 1. The van der Waals surface area contributed by atoms with Gasteiger partial charge in [0.2, 0.25) is 0 Å². The number of rotatable bonds is 5. The molecule has 0 amide bonds. The van der Waals surface area contributed by atoms with Crippen LogP contribution in [0.2, 0.25) is 0 Å². The number of nitrogens with zero attached hydrogens (tertiary/aromatic N) is 4. The lowest BCUT2D eigenvalue weighted by Gasteiger charge is -2.11. The van der Waals surface area contributed by atoms with Crippen molar-refractivity contribution in [1.82, 2.24) is 19.9 Å². The molecule has 0 unspecified atom stereocenters. The van der Waals surface area contributed by atoms with Crippen molar-refractivity contribution in [3.05, 3.63) is 170 Å². The average Bonchev–Trinajstić information content (AvgIpc) is 3.98. The van der Waals surface area contributed by atoms with E-state index in [0.29, 0.717) is 17.5 Å². The Bertz CT molecular complexity index is 3530. The van der Waals surface area contributed by atoms with E-state index in [1.54, 1.807) is 12.4 Å². The van der Waals surface area contributed by atoms with Gasteiger partial charge >= 0.3 is 0 Å². The molecule has 0 aliphatic heterocycles. The molecule has 5 heterocycles. The summed E-state index contributed by atoms with van der Waals surface area (Å²) in [5.41, 5.74) is 10.3. The molecule has 0 aliphatic carbocycles. The summed E-state index contributed by atoms with van der Waals surface area (Å²) in [6, 6.07) is 54.5. The number of para-hydroxylation sites is 2. The first kappa shape index (κ1) is 31.8. The molecule has 266 valence electrons. The molecule has 0 fully saturated rings. The van der Waals surface area contributed by atoms with Gasteiger partial charge in [-0.1, -0.05) is 103 Å². The first-order chi connectivity index (χ1) is 28.2. The van der Waals surface area contributed by atoms with E-state index in [1.165, 1.54) is 25.7 Å². The maximum absolute atomic E-state index is 6.75. The molecule has 0 saturated carbocycles. The van der Waals surface area contributed by atoms with E-state index < -0.39 is 0 Å². The van der Waals surface area contributed by atoms with Crippen LogP contribution in [0.4, 0.5) is 0 Å². The second-order valence-corrected chi connectivity index (χ2v) is 15.3. The summed E-state index contributed by atoms with van der Waals surface area (Å²) in [6.45, 7) is 0. The summed E-state index contributed by atoms with van der Waals surface area (Å²) in [6.07, 6.45) is 3.53. The molecule has 6 nitrogen and oxygen atoms in total. The number of benzene rings is 7. The normalized spacial score (nSPS) is 11.9. The first-order valence-corrected chi connectivity index (χ1v) is 19.6. The molecule has 0 N–H and O–H groups in total.